The largest absolute Gasteiger partial charge is 0.496 e. The van der Waals surface area contributed by atoms with E-state index in [-0.39, 0.29) is 0 Å². The lowest BCUT2D eigenvalue weighted by molar-refractivity contribution is 0.270. The van der Waals surface area contributed by atoms with Crippen molar-refractivity contribution in [3.63, 3.8) is 0 Å². The molecular weight excluding hydrogens is 542 g/mol. The number of rotatable bonds is 13. The van der Waals surface area contributed by atoms with Crippen LogP contribution < -0.4 is 18.9 Å². The molecule has 0 amide bonds. The van der Waals surface area contributed by atoms with Crippen molar-refractivity contribution in [3.8, 4) is 33.6 Å². The molecule has 0 aliphatic heterocycles. The lowest BCUT2D eigenvalue weighted by atomic mass is 10.0. The number of hydrogen-bond acceptors (Lipinski definition) is 6. The van der Waals surface area contributed by atoms with Crippen molar-refractivity contribution >= 4 is 33.7 Å². The molecule has 1 aromatic heterocycles. The van der Waals surface area contributed by atoms with Gasteiger partial charge in [0.2, 0.25) is 0 Å². The van der Waals surface area contributed by atoms with Crippen LogP contribution >= 0.6 is 11.3 Å². The van der Waals surface area contributed by atoms with Gasteiger partial charge in [-0.05, 0) is 97.8 Å². The Balaban J connectivity index is 1.09. The van der Waals surface area contributed by atoms with Crippen LogP contribution in [-0.2, 0) is 0 Å². The van der Waals surface area contributed by atoms with Crippen molar-refractivity contribution in [2.45, 2.75) is 33.1 Å². The van der Waals surface area contributed by atoms with Crippen LogP contribution in [0.1, 0.15) is 41.5 Å². The minimum absolute atomic E-state index is 0.616. The van der Waals surface area contributed by atoms with Gasteiger partial charge in [0.15, 0.2) is 11.5 Å². The van der Waals surface area contributed by atoms with E-state index in [4.69, 9.17) is 23.9 Å². The Labute approximate surface area is 252 Å². The summed E-state index contributed by atoms with van der Waals surface area (Å²) in [6.07, 6.45) is 7.07. The van der Waals surface area contributed by atoms with Gasteiger partial charge in [-0.2, -0.15) is 0 Å². The SMILES string of the molecule is COc1ccc(/C=C\c2cc(C)c(C)c(OC)c2)cc1OCCCCCOc1cccc(-c2nc3ccccc3s2)c1. The second-order valence-corrected chi connectivity index (χ2v) is 11.2. The molecule has 4 aromatic carbocycles. The van der Waals surface area contributed by atoms with Crippen molar-refractivity contribution in [2.24, 2.45) is 0 Å². The zero-order valence-corrected chi connectivity index (χ0v) is 25.5. The van der Waals surface area contributed by atoms with Crippen LogP contribution in [0.4, 0.5) is 0 Å². The van der Waals surface area contributed by atoms with Gasteiger partial charge in [-0.3, -0.25) is 0 Å². The van der Waals surface area contributed by atoms with Gasteiger partial charge in [0.05, 0.1) is 37.6 Å². The summed E-state index contributed by atoms with van der Waals surface area (Å²) >= 11 is 1.70. The van der Waals surface area contributed by atoms with Crippen molar-refractivity contribution in [2.75, 3.05) is 27.4 Å². The minimum atomic E-state index is 0.616. The highest BCUT2D eigenvalue weighted by Gasteiger charge is 2.08. The zero-order valence-electron chi connectivity index (χ0n) is 24.7. The number of fused-ring (bicyclic) bond motifs is 1. The second-order valence-electron chi connectivity index (χ2n) is 10.2. The Bertz CT molecular complexity index is 1640. The van der Waals surface area contributed by atoms with Gasteiger partial charge in [0.25, 0.3) is 0 Å². The molecule has 5 aromatic rings. The highest BCUT2D eigenvalue weighted by atomic mass is 32.1. The summed E-state index contributed by atoms with van der Waals surface area (Å²) < 4.78 is 24.4. The molecule has 42 heavy (non-hydrogen) atoms. The number of methoxy groups -OCH3 is 2. The van der Waals surface area contributed by atoms with Crippen molar-refractivity contribution in [1.82, 2.24) is 4.98 Å². The number of unbranched alkanes of at least 4 members (excludes halogenated alkanes) is 2. The Hall–Kier alpha value is -4.29. The summed E-state index contributed by atoms with van der Waals surface area (Å²) in [6, 6.07) is 26.6. The summed E-state index contributed by atoms with van der Waals surface area (Å²) in [7, 11) is 3.38. The highest BCUT2D eigenvalue weighted by Crippen LogP contribution is 2.32. The predicted octanol–water partition coefficient (Wildman–Crippen LogP) is 9.40. The molecule has 6 heteroatoms. The average Bonchev–Trinajstić information content (AvgIpc) is 3.46. The number of nitrogens with zero attached hydrogens (tertiary/aromatic N) is 1. The highest BCUT2D eigenvalue weighted by molar-refractivity contribution is 7.21. The number of aromatic nitrogens is 1. The summed E-state index contributed by atoms with van der Waals surface area (Å²) in [4.78, 5) is 4.77. The molecule has 0 N–H and O–H groups in total. The third-order valence-corrected chi connectivity index (χ3v) is 8.29. The van der Waals surface area contributed by atoms with E-state index < -0.39 is 0 Å². The zero-order chi connectivity index (χ0) is 29.3. The molecule has 0 atom stereocenters. The van der Waals surface area contributed by atoms with Crippen molar-refractivity contribution in [1.29, 1.82) is 0 Å². The molecule has 216 valence electrons. The molecule has 0 spiro atoms. The van der Waals surface area contributed by atoms with Crippen LogP contribution in [-0.4, -0.2) is 32.4 Å². The van der Waals surface area contributed by atoms with Gasteiger partial charge in [-0.15, -0.1) is 11.3 Å². The number of thiazole rings is 1. The van der Waals surface area contributed by atoms with Gasteiger partial charge in [-0.1, -0.05) is 48.6 Å². The fraction of sp³-hybridized carbons (Fsp3) is 0.250. The number of para-hydroxylation sites is 1. The number of benzene rings is 4. The topological polar surface area (TPSA) is 49.8 Å². The molecule has 0 radical (unpaired) electrons. The van der Waals surface area contributed by atoms with E-state index in [1.807, 2.05) is 42.5 Å². The van der Waals surface area contributed by atoms with Crippen LogP contribution in [0, 0.1) is 13.8 Å². The van der Waals surface area contributed by atoms with Gasteiger partial charge in [0.1, 0.15) is 16.5 Å². The second kappa shape index (κ2) is 14.1. The molecule has 0 aliphatic rings. The molecule has 0 fully saturated rings. The predicted molar refractivity (Wildman–Crippen MR) is 174 cm³/mol. The molecule has 0 aliphatic carbocycles. The van der Waals surface area contributed by atoms with E-state index in [2.05, 4.69) is 62.4 Å². The molecule has 0 saturated heterocycles. The Kier molecular flexibility index (Phi) is 9.78. The fourth-order valence-corrected chi connectivity index (χ4v) is 5.69. The van der Waals surface area contributed by atoms with E-state index in [1.165, 1.54) is 10.3 Å². The van der Waals surface area contributed by atoms with Gasteiger partial charge < -0.3 is 18.9 Å². The first kappa shape index (κ1) is 29.2. The monoisotopic (exact) mass is 579 g/mol. The first-order valence-corrected chi connectivity index (χ1v) is 15.1. The quantitative estimate of drug-likeness (QED) is 0.103. The Morgan fingerprint density at radius 2 is 1.45 bits per heavy atom. The lowest BCUT2D eigenvalue weighted by Gasteiger charge is -2.12. The summed E-state index contributed by atoms with van der Waals surface area (Å²) in [6.45, 7) is 5.46. The third-order valence-electron chi connectivity index (χ3n) is 7.21. The van der Waals surface area contributed by atoms with E-state index in [0.29, 0.717) is 13.2 Å². The van der Waals surface area contributed by atoms with Crippen LogP contribution in [0.5, 0.6) is 23.0 Å². The molecule has 0 unspecified atom stereocenters. The van der Waals surface area contributed by atoms with Crippen molar-refractivity contribution < 1.29 is 18.9 Å². The van der Waals surface area contributed by atoms with Crippen molar-refractivity contribution in [3.05, 3.63) is 101 Å². The van der Waals surface area contributed by atoms with E-state index in [0.717, 1.165) is 75.0 Å². The van der Waals surface area contributed by atoms with Crippen LogP contribution in [0.3, 0.4) is 0 Å². The van der Waals surface area contributed by atoms with Crippen LogP contribution in [0.25, 0.3) is 32.9 Å². The Morgan fingerprint density at radius 1 is 0.690 bits per heavy atom. The molecule has 5 rings (SSSR count). The van der Waals surface area contributed by atoms with E-state index >= 15 is 0 Å². The molecule has 5 nitrogen and oxygen atoms in total. The number of aryl methyl sites for hydroxylation is 1. The number of hydrogen-bond donors (Lipinski definition) is 0. The maximum Gasteiger partial charge on any atom is 0.161 e. The standard InChI is InChI=1S/C36H37NO4S/c1-25-21-28(23-33(39-4)26(25)2)16-15-27-17-18-32(38-3)34(22-27)41-20-9-5-8-19-40-30-12-10-11-29(24-30)36-37-31-13-6-7-14-35(31)42-36/h6-7,10-18,21-24H,5,8-9,19-20H2,1-4H3/b16-15-. The van der Waals surface area contributed by atoms with E-state index in [1.54, 1.807) is 25.6 Å². The molecule has 0 bridgehead atoms. The van der Waals surface area contributed by atoms with E-state index in [9.17, 15) is 0 Å². The first-order chi connectivity index (χ1) is 20.5. The van der Waals surface area contributed by atoms with Gasteiger partial charge in [0, 0.05) is 5.56 Å². The molecular formula is C36H37NO4S. The normalized spacial score (nSPS) is 11.2. The molecule has 0 saturated carbocycles. The molecule has 1 heterocycles. The van der Waals surface area contributed by atoms with Gasteiger partial charge in [-0.25, -0.2) is 4.98 Å². The maximum absolute atomic E-state index is 6.12. The van der Waals surface area contributed by atoms with Gasteiger partial charge >= 0.3 is 0 Å². The minimum Gasteiger partial charge on any atom is -0.496 e. The lowest BCUT2D eigenvalue weighted by Crippen LogP contribution is -2.02. The summed E-state index contributed by atoms with van der Waals surface area (Å²) in [5.41, 5.74) is 6.63. The number of ether oxygens (including phenoxy) is 4. The smallest absolute Gasteiger partial charge is 0.161 e. The van der Waals surface area contributed by atoms with Crippen LogP contribution in [0.15, 0.2) is 78.9 Å². The average molecular weight is 580 g/mol. The summed E-state index contributed by atoms with van der Waals surface area (Å²) in [5.74, 6) is 3.25. The van der Waals surface area contributed by atoms with Crippen LogP contribution in [0.2, 0.25) is 0 Å². The maximum atomic E-state index is 6.12. The Morgan fingerprint density at radius 3 is 2.26 bits per heavy atom. The third kappa shape index (κ3) is 7.31. The fourth-order valence-electron chi connectivity index (χ4n) is 4.73. The first-order valence-electron chi connectivity index (χ1n) is 14.3. The summed E-state index contributed by atoms with van der Waals surface area (Å²) in [5, 5.41) is 1.01.